The van der Waals surface area contributed by atoms with E-state index in [0.717, 1.165) is 13.0 Å². The summed E-state index contributed by atoms with van der Waals surface area (Å²) in [7, 11) is 2.04. The van der Waals surface area contributed by atoms with E-state index in [1.54, 1.807) is 0 Å². The summed E-state index contributed by atoms with van der Waals surface area (Å²) < 4.78 is 2.22. The minimum atomic E-state index is 0.567. The van der Waals surface area contributed by atoms with Gasteiger partial charge in [-0.05, 0) is 20.4 Å². The Morgan fingerprint density at radius 1 is 1.47 bits per heavy atom. The van der Waals surface area contributed by atoms with Gasteiger partial charge in [0.1, 0.15) is 5.82 Å². The normalized spacial score (nSPS) is 13.0. The maximum atomic E-state index is 4.41. The van der Waals surface area contributed by atoms with Gasteiger partial charge in [0.2, 0.25) is 0 Å². The molecule has 3 nitrogen and oxygen atoms in total. The van der Waals surface area contributed by atoms with Crippen molar-refractivity contribution in [3.63, 3.8) is 0 Å². The lowest BCUT2D eigenvalue weighted by Crippen LogP contribution is -2.28. The van der Waals surface area contributed by atoms with E-state index in [0.29, 0.717) is 6.04 Å². The zero-order valence-electron chi connectivity index (χ0n) is 10.2. The van der Waals surface area contributed by atoms with E-state index in [-0.39, 0.29) is 0 Å². The fourth-order valence-electron chi connectivity index (χ4n) is 1.84. The fourth-order valence-corrected chi connectivity index (χ4v) is 1.84. The Kier molecular flexibility index (Phi) is 5.40. The monoisotopic (exact) mass is 209 g/mol. The molecule has 0 saturated carbocycles. The summed E-state index contributed by atoms with van der Waals surface area (Å²) in [6.07, 6.45) is 8.78. The van der Waals surface area contributed by atoms with Gasteiger partial charge in [0.15, 0.2) is 0 Å². The van der Waals surface area contributed by atoms with Crippen LogP contribution in [-0.4, -0.2) is 22.6 Å². The number of hydrogen-bond acceptors (Lipinski definition) is 2. The first-order valence-corrected chi connectivity index (χ1v) is 5.99. The van der Waals surface area contributed by atoms with Gasteiger partial charge in [0, 0.05) is 31.4 Å². The van der Waals surface area contributed by atoms with Gasteiger partial charge in [-0.15, -0.1) is 0 Å². The molecule has 0 aliphatic carbocycles. The number of hydrogen-bond donors (Lipinski definition) is 1. The van der Waals surface area contributed by atoms with Crippen LogP contribution in [-0.2, 0) is 13.0 Å². The Labute approximate surface area is 92.9 Å². The SMILES string of the molecule is CCCCC(Cc1nccn1CC)NC. The summed E-state index contributed by atoms with van der Waals surface area (Å²) in [5.41, 5.74) is 0. The lowest BCUT2D eigenvalue weighted by atomic mass is 10.1. The molecule has 1 aromatic rings. The number of likely N-dealkylation sites (N-methyl/N-ethyl adjacent to an activating group) is 1. The van der Waals surface area contributed by atoms with Crippen molar-refractivity contribution in [1.82, 2.24) is 14.9 Å². The van der Waals surface area contributed by atoms with Crippen LogP contribution < -0.4 is 5.32 Å². The number of imidazole rings is 1. The Hall–Kier alpha value is -0.830. The molecule has 0 aromatic carbocycles. The van der Waals surface area contributed by atoms with Gasteiger partial charge in [-0.3, -0.25) is 0 Å². The molecule has 15 heavy (non-hydrogen) atoms. The maximum Gasteiger partial charge on any atom is 0.110 e. The molecule has 1 heterocycles. The Bertz CT molecular complexity index is 268. The summed E-state index contributed by atoms with van der Waals surface area (Å²) >= 11 is 0. The second-order valence-electron chi connectivity index (χ2n) is 3.96. The third-order valence-corrected chi connectivity index (χ3v) is 2.89. The van der Waals surface area contributed by atoms with Gasteiger partial charge in [-0.25, -0.2) is 4.98 Å². The van der Waals surface area contributed by atoms with Crippen LogP contribution in [0.3, 0.4) is 0 Å². The summed E-state index contributed by atoms with van der Waals surface area (Å²) in [6.45, 7) is 5.41. The Balaban J connectivity index is 2.50. The van der Waals surface area contributed by atoms with Crippen LogP contribution in [0.1, 0.15) is 38.9 Å². The molecule has 1 N–H and O–H groups in total. The second-order valence-corrected chi connectivity index (χ2v) is 3.96. The van der Waals surface area contributed by atoms with Crippen molar-refractivity contribution in [2.45, 2.75) is 52.1 Å². The van der Waals surface area contributed by atoms with E-state index in [1.165, 1.54) is 25.1 Å². The van der Waals surface area contributed by atoms with Crippen molar-refractivity contribution in [3.05, 3.63) is 18.2 Å². The molecular formula is C12H23N3. The molecule has 0 aliphatic rings. The summed E-state index contributed by atoms with van der Waals surface area (Å²) in [4.78, 5) is 4.41. The molecule has 0 bridgehead atoms. The molecule has 1 aromatic heterocycles. The Morgan fingerprint density at radius 2 is 2.27 bits per heavy atom. The summed E-state index contributed by atoms with van der Waals surface area (Å²) in [6, 6.07) is 0.567. The number of nitrogens with one attached hydrogen (secondary N) is 1. The molecule has 1 atom stereocenters. The smallest absolute Gasteiger partial charge is 0.110 e. The largest absolute Gasteiger partial charge is 0.335 e. The van der Waals surface area contributed by atoms with Crippen molar-refractivity contribution < 1.29 is 0 Å². The summed E-state index contributed by atoms with van der Waals surface area (Å²) in [5, 5.41) is 3.37. The van der Waals surface area contributed by atoms with E-state index in [2.05, 4.69) is 34.9 Å². The van der Waals surface area contributed by atoms with Crippen LogP contribution in [0.15, 0.2) is 12.4 Å². The van der Waals surface area contributed by atoms with Gasteiger partial charge >= 0.3 is 0 Å². The second kappa shape index (κ2) is 6.62. The van der Waals surface area contributed by atoms with E-state index >= 15 is 0 Å². The van der Waals surface area contributed by atoms with E-state index in [9.17, 15) is 0 Å². The van der Waals surface area contributed by atoms with Crippen LogP contribution in [0.5, 0.6) is 0 Å². The molecular weight excluding hydrogens is 186 g/mol. The first kappa shape index (κ1) is 12.2. The zero-order valence-corrected chi connectivity index (χ0v) is 10.2. The minimum absolute atomic E-state index is 0.567. The summed E-state index contributed by atoms with van der Waals surface area (Å²) in [5.74, 6) is 1.20. The molecule has 1 unspecified atom stereocenters. The lowest BCUT2D eigenvalue weighted by molar-refractivity contribution is 0.480. The first-order chi connectivity index (χ1) is 7.31. The predicted octanol–water partition coefficient (Wildman–Crippen LogP) is 2.22. The van der Waals surface area contributed by atoms with Gasteiger partial charge < -0.3 is 9.88 Å². The van der Waals surface area contributed by atoms with Gasteiger partial charge in [0.25, 0.3) is 0 Å². The van der Waals surface area contributed by atoms with Crippen molar-refractivity contribution in [2.24, 2.45) is 0 Å². The Morgan fingerprint density at radius 3 is 2.87 bits per heavy atom. The minimum Gasteiger partial charge on any atom is -0.335 e. The molecule has 0 fully saturated rings. The molecule has 0 radical (unpaired) electrons. The van der Waals surface area contributed by atoms with Gasteiger partial charge in [0.05, 0.1) is 0 Å². The molecule has 1 rings (SSSR count). The third-order valence-electron chi connectivity index (χ3n) is 2.89. The van der Waals surface area contributed by atoms with Crippen LogP contribution >= 0.6 is 0 Å². The molecule has 0 aliphatic heterocycles. The molecule has 0 saturated heterocycles. The average Bonchev–Trinajstić information content (AvgIpc) is 2.71. The quantitative estimate of drug-likeness (QED) is 0.746. The van der Waals surface area contributed by atoms with Gasteiger partial charge in [-0.2, -0.15) is 0 Å². The van der Waals surface area contributed by atoms with Crippen LogP contribution in [0.4, 0.5) is 0 Å². The standard InChI is InChI=1S/C12H23N3/c1-4-6-7-11(13-3)10-12-14-8-9-15(12)5-2/h8-9,11,13H,4-7,10H2,1-3H3. The molecule has 0 spiro atoms. The lowest BCUT2D eigenvalue weighted by Gasteiger charge is -2.15. The van der Waals surface area contributed by atoms with E-state index in [4.69, 9.17) is 0 Å². The number of aryl methyl sites for hydroxylation is 1. The average molecular weight is 209 g/mol. The zero-order chi connectivity index (χ0) is 11.1. The van der Waals surface area contributed by atoms with Crippen LogP contribution in [0.25, 0.3) is 0 Å². The number of aromatic nitrogens is 2. The molecule has 0 amide bonds. The van der Waals surface area contributed by atoms with Crippen molar-refractivity contribution >= 4 is 0 Å². The van der Waals surface area contributed by atoms with Crippen molar-refractivity contribution in [2.75, 3.05) is 7.05 Å². The molecule has 3 heteroatoms. The third kappa shape index (κ3) is 3.67. The number of rotatable bonds is 7. The predicted molar refractivity (Wildman–Crippen MR) is 64.0 cm³/mol. The molecule has 86 valence electrons. The van der Waals surface area contributed by atoms with Crippen LogP contribution in [0.2, 0.25) is 0 Å². The maximum absolute atomic E-state index is 4.41. The number of unbranched alkanes of at least 4 members (excludes halogenated alkanes) is 1. The van der Waals surface area contributed by atoms with E-state index in [1.807, 2.05) is 13.2 Å². The fraction of sp³-hybridized carbons (Fsp3) is 0.750. The first-order valence-electron chi connectivity index (χ1n) is 5.99. The topological polar surface area (TPSA) is 29.9 Å². The highest BCUT2D eigenvalue weighted by Gasteiger charge is 2.10. The highest BCUT2D eigenvalue weighted by molar-refractivity contribution is 4.95. The van der Waals surface area contributed by atoms with Crippen LogP contribution in [0, 0.1) is 0 Å². The van der Waals surface area contributed by atoms with Crippen molar-refractivity contribution in [3.8, 4) is 0 Å². The highest BCUT2D eigenvalue weighted by Crippen LogP contribution is 2.07. The van der Waals surface area contributed by atoms with Gasteiger partial charge in [-0.1, -0.05) is 19.8 Å². The number of nitrogens with zero attached hydrogens (tertiary/aromatic N) is 2. The van der Waals surface area contributed by atoms with E-state index < -0.39 is 0 Å². The van der Waals surface area contributed by atoms with Crippen molar-refractivity contribution in [1.29, 1.82) is 0 Å². The highest BCUT2D eigenvalue weighted by atomic mass is 15.1.